The molecule has 0 heterocycles. The zero-order valence-corrected chi connectivity index (χ0v) is 10.9. The van der Waals surface area contributed by atoms with Crippen molar-refractivity contribution >= 4 is 5.91 Å². The molecule has 2 heteroatoms. The van der Waals surface area contributed by atoms with Gasteiger partial charge in [-0.15, -0.1) is 0 Å². The molecule has 0 fully saturated rings. The fourth-order valence-electron chi connectivity index (χ4n) is 1.48. The molecule has 1 amide bonds. The van der Waals surface area contributed by atoms with E-state index in [0.717, 1.165) is 12.1 Å². The van der Waals surface area contributed by atoms with Crippen molar-refractivity contribution in [2.24, 2.45) is 0 Å². The number of hydrogen-bond acceptors (Lipinski definition) is 1. The van der Waals surface area contributed by atoms with E-state index in [1.54, 1.807) is 4.90 Å². The van der Waals surface area contributed by atoms with Crippen LogP contribution in [0.5, 0.6) is 0 Å². The van der Waals surface area contributed by atoms with Gasteiger partial charge in [0.2, 0.25) is 0 Å². The molecular formula is C14H21NO. The van der Waals surface area contributed by atoms with Crippen molar-refractivity contribution in [2.75, 3.05) is 13.6 Å². The van der Waals surface area contributed by atoms with E-state index in [1.165, 1.54) is 5.56 Å². The van der Waals surface area contributed by atoms with Crippen LogP contribution in [-0.4, -0.2) is 24.4 Å². The van der Waals surface area contributed by atoms with Gasteiger partial charge in [0, 0.05) is 19.2 Å². The van der Waals surface area contributed by atoms with E-state index in [4.69, 9.17) is 0 Å². The zero-order valence-electron chi connectivity index (χ0n) is 10.9. The van der Waals surface area contributed by atoms with Gasteiger partial charge in [0.05, 0.1) is 0 Å². The Morgan fingerprint density at radius 2 is 1.69 bits per heavy atom. The number of rotatable bonds is 2. The van der Waals surface area contributed by atoms with Crippen molar-refractivity contribution in [3.63, 3.8) is 0 Å². The first-order valence-corrected chi connectivity index (χ1v) is 5.72. The smallest absolute Gasteiger partial charge is 0.253 e. The molecule has 0 aliphatic carbocycles. The molecular weight excluding hydrogens is 198 g/mol. The topological polar surface area (TPSA) is 20.3 Å². The largest absolute Gasteiger partial charge is 0.342 e. The molecule has 0 aromatic heterocycles. The van der Waals surface area contributed by atoms with Gasteiger partial charge in [-0.3, -0.25) is 4.79 Å². The fourth-order valence-corrected chi connectivity index (χ4v) is 1.48. The highest BCUT2D eigenvalue weighted by Gasteiger charge is 2.15. The Balaban J connectivity index is 2.91. The number of nitrogens with zero attached hydrogens (tertiary/aromatic N) is 1. The van der Waals surface area contributed by atoms with Gasteiger partial charge in [0.15, 0.2) is 0 Å². The van der Waals surface area contributed by atoms with Crippen LogP contribution in [0.2, 0.25) is 0 Å². The first-order chi connectivity index (χ1) is 7.36. The van der Waals surface area contributed by atoms with Gasteiger partial charge < -0.3 is 4.90 Å². The molecule has 88 valence electrons. The maximum Gasteiger partial charge on any atom is 0.253 e. The molecule has 1 aromatic rings. The van der Waals surface area contributed by atoms with Crippen molar-refractivity contribution in [1.82, 2.24) is 4.90 Å². The Bertz CT molecular complexity index is 359. The molecule has 16 heavy (non-hydrogen) atoms. The van der Waals surface area contributed by atoms with Crippen LogP contribution in [0.3, 0.4) is 0 Å². The molecule has 1 aromatic carbocycles. The minimum absolute atomic E-state index is 0.0861. The van der Waals surface area contributed by atoms with Gasteiger partial charge in [0.1, 0.15) is 0 Å². The Morgan fingerprint density at radius 1 is 1.19 bits per heavy atom. The Morgan fingerprint density at radius 3 is 2.06 bits per heavy atom. The van der Waals surface area contributed by atoms with Crippen LogP contribution >= 0.6 is 0 Å². The van der Waals surface area contributed by atoms with Gasteiger partial charge in [-0.1, -0.05) is 32.9 Å². The summed E-state index contributed by atoms with van der Waals surface area (Å²) < 4.78 is 0. The molecule has 0 atom stereocenters. The SMILES string of the molecule is CCN(C)C(=O)c1ccc(C(C)(C)C)cc1. The highest BCUT2D eigenvalue weighted by Crippen LogP contribution is 2.22. The van der Waals surface area contributed by atoms with Crippen LogP contribution in [0.4, 0.5) is 0 Å². The standard InChI is InChI=1S/C14H21NO/c1-6-15(5)13(16)11-7-9-12(10-8-11)14(2,3)4/h7-10H,6H2,1-5H3. The van der Waals surface area contributed by atoms with E-state index < -0.39 is 0 Å². The summed E-state index contributed by atoms with van der Waals surface area (Å²) in [5.41, 5.74) is 2.15. The lowest BCUT2D eigenvalue weighted by Crippen LogP contribution is -2.26. The number of carbonyl (C=O) groups excluding carboxylic acids is 1. The van der Waals surface area contributed by atoms with Crippen LogP contribution in [0.25, 0.3) is 0 Å². The Hall–Kier alpha value is -1.31. The normalized spacial score (nSPS) is 11.3. The molecule has 0 aliphatic heterocycles. The van der Waals surface area contributed by atoms with Gasteiger partial charge in [0.25, 0.3) is 5.91 Å². The van der Waals surface area contributed by atoms with Crippen molar-refractivity contribution in [3.8, 4) is 0 Å². The van der Waals surface area contributed by atoms with Gasteiger partial charge in [-0.25, -0.2) is 0 Å². The minimum Gasteiger partial charge on any atom is -0.342 e. The Labute approximate surface area is 98.3 Å². The van der Waals surface area contributed by atoms with E-state index >= 15 is 0 Å². The number of carbonyl (C=O) groups is 1. The monoisotopic (exact) mass is 219 g/mol. The predicted octanol–water partition coefficient (Wildman–Crippen LogP) is 3.08. The first-order valence-electron chi connectivity index (χ1n) is 5.72. The quantitative estimate of drug-likeness (QED) is 0.748. The maximum atomic E-state index is 11.9. The lowest BCUT2D eigenvalue weighted by Gasteiger charge is -2.20. The zero-order chi connectivity index (χ0) is 12.3. The van der Waals surface area contributed by atoms with Gasteiger partial charge in [-0.05, 0) is 30.0 Å². The van der Waals surface area contributed by atoms with E-state index in [2.05, 4.69) is 20.8 Å². The van der Waals surface area contributed by atoms with Crippen molar-refractivity contribution in [3.05, 3.63) is 35.4 Å². The van der Waals surface area contributed by atoms with E-state index in [1.807, 2.05) is 38.2 Å². The van der Waals surface area contributed by atoms with E-state index in [0.29, 0.717) is 0 Å². The van der Waals surface area contributed by atoms with E-state index in [9.17, 15) is 4.79 Å². The molecule has 0 unspecified atom stereocenters. The summed E-state index contributed by atoms with van der Waals surface area (Å²) in [6, 6.07) is 7.90. The predicted molar refractivity (Wildman–Crippen MR) is 67.8 cm³/mol. The first kappa shape index (κ1) is 12.8. The molecule has 0 N–H and O–H groups in total. The van der Waals surface area contributed by atoms with Crippen LogP contribution < -0.4 is 0 Å². The van der Waals surface area contributed by atoms with Gasteiger partial charge in [-0.2, -0.15) is 0 Å². The van der Waals surface area contributed by atoms with Crippen LogP contribution in [0.15, 0.2) is 24.3 Å². The summed E-state index contributed by atoms with van der Waals surface area (Å²) in [4.78, 5) is 13.6. The van der Waals surface area contributed by atoms with Crippen molar-refractivity contribution in [2.45, 2.75) is 33.1 Å². The summed E-state index contributed by atoms with van der Waals surface area (Å²) in [5.74, 6) is 0.0861. The molecule has 0 saturated heterocycles. The molecule has 2 nitrogen and oxygen atoms in total. The number of amides is 1. The third-order valence-corrected chi connectivity index (χ3v) is 2.82. The van der Waals surface area contributed by atoms with Crippen molar-refractivity contribution in [1.29, 1.82) is 0 Å². The molecule has 0 radical (unpaired) electrons. The summed E-state index contributed by atoms with van der Waals surface area (Å²) in [5, 5.41) is 0. The average Bonchev–Trinajstić information content (AvgIpc) is 2.26. The molecule has 1 rings (SSSR count). The minimum atomic E-state index is 0.0861. The highest BCUT2D eigenvalue weighted by atomic mass is 16.2. The van der Waals surface area contributed by atoms with Crippen LogP contribution in [0.1, 0.15) is 43.6 Å². The second-order valence-electron chi connectivity index (χ2n) is 5.15. The summed E-state index contributed by atoms with van der Waals surface area (Å²) in [6.45, 7) is 9.22. The summed E-state index contributed by atoms with van der Waals surface area (Å²) in [6.07, 6.45) is 0. The third kappa shape index (κ3) is 2.84. The van der Waals surface area contributed by atoms with Crippen molar-refractivity contribution < 1.29 is 4.79 Å². The second-order valence-corrected chi connectivity index (χ2v) is 5.15. The molecule has 0 spiro atoms. The summed E-state index contributed by atoms with van der Waals surface area (Å²) >= 11 is 0. The second kappa shape index (κ2) is 4.69. The molecule has 0 bridgehead atoms. The summed E-state index contributed by atoms with van der Waals surface area (Å²) in [7, 11) is 1.82. The average molecular weight is 219 g/mol. The fraction of sp³-hybridized carbons (Fsp3) is 0.500. The maximum absolute atomic E-state index is 11.9. The van der Waals surface area contributed by atoms with Gasteiger partial charge >= 0.3 is 0 Å². The van der Waals surface area contributed by atoms with E-state index in [-0.39, 0.29) is 11.3 Å². The number of hydrogen-bond donors (Lipinski definition) is 0. The Kier molecular flexibility index (Phi) is 3.74. The van der Waals surface area contributed by atoms with Crippen LogP contribution in [0, 0.1) is 0 Å². The molecule has 0 saturated carbocycles. The number of benzene rings is 1. The third-order valence-electron chi connectivity index (χ3n) is 2.82. The van der Waals surface area contributed by atoms with Crippen LogP contribution in [-0.2, 0) is 5.41 Å². The lowest BCUT2D eigenvalue weighted by atomic mass is 9.86. The highest BCUT2D eigenvalue weighted by molar-refractivity contribution is 5.94. The molecule has 0 aliphatic rings. The lowest BCUT2D eigenvalue weighted by molar-refractivity contribution is 0.0802.